The Hall–Kier alpha value is -8.25. The van der Waals surface area contributed by atoms with Gasteiger partial charge in [0.25, 0.3) is 0 Å². The Morgan fingerprint density at radius 3 is 1.89 bits per heavy atom. The van der Waals surface area contributed by atoms with Gasteiger partial charge < -0.3 is 13.4 Å². The third kappa shape index (κ3) is 9.66. The first-order valence-electron chi connectivity index (χ1n) is 27.3. The van der Waals surface area contributed by atoms with Crippen LogP contribution < -0.4 is 5.19 Å². The predicted molar refractivity (Wildman–Crippen MR) is 329 cm³/mol. The molecule has 0 aliphatic heterocycles. The van der Waals surface area contributed by atoms with Crippen molar-refractivity contribution in [2.75, 3.05) is 0 Å². The quantitative estimate of drug-likeness (QED) is 0.111. The molecule has 0 saturated heterocycles. The van der Waals surface area contributed by atoms with Crippen molar-refractivity contribution in [1.29, 1.82) is 5.26 Å². The minimum atomic E-state index is -1.45. The normalized spacial score (nSPS) is 12.0. The number of imidazole rings is 1. The molecule has 0 N–H and O–H groups in total. The van der Waals surface area contributed by atoms with Crippen molar-refractivity contribution in [2.45, 2.75) is 85.4 Å². The molecule has 0 aliphatic carbocycles. The van der Waals surface area contributed by atoms with E-state index in [9.17, 15) is 5.26 Å². The average Bonchev–Trinajstić information content (AvgIpc) is 4.18. The summed E-state index contributed by atoms with van der Waals surface area (Å²) in [6, 6.07) is 67.5. The molecule has 4 heterocycles. The van der Waals surface area contributed by atoms with Crippen LogP contribution in [0.3, 0.4) is 0 Å². The van der Waals surface area contributed by atoms with Crippen LogP contribution in [-0.4, -0.2) is 27.6 Å². The van der Waals surface area contributed by atoms with Crippen molar-refractivity contribution in [3.05, 3.63) is 211 Å². The third-order valence-electron chi connectivity index (χ3n) is 15.1. The number of benzene rings is 9. The van der Waals surface area contributed by atoms with Gasteiger partial charge in [-0.05, 0) is 92.7 Å². The molecule has 0 fully saturated rings. The molecule has 0 aliphatic rings. The van der Waals surface area contributed by atoms with Crippen LogP contribution in [0.25, 0.3) is 116 Å². The number of furan rings is 2. The van der Waals surface area contributed by atoms with Crippen LogP contribution in [0.15, 0.2) is 185 Å². The molecule has 0 spiro atoms. The van der Waals surface area contributed by atoms with Crippen molar-refractivity contribution in [1.82, 2.24) is 19.5 Å². The molecule has 80 heavy (non-hydrogen) atoms. The first-order valence-corrected chi connectivity index (χ1v) is 30.8. The fourth-order valence-electron chi connectivity index (χ4n) is 11.2. The summed E-state index contributed by atoms with van der Waals surface area (Å²) in [5, 5.41) is 17.5. The summed E-state index contributed by atoms with van der Waals surface area (Å²) in [5.41, 5.74) is 16.4. The van der Waals surface area contributed by atoms with E-state index in [0.29, 0.717) is 11.1 Å². The second-order valence-corrected chi connectivity index (χ2v) is 28.4. The molecule has 0 unspecified atom stereocenters. The molecule has 4 aromatic heterocycles. The molecule has 7 nitrogen and oxygen atoms in total. The van der Waals surface area contributed by atoms with Crippen molar-refractivity contribution in [3.63, 3.8) is 0 Å². The molecular weight excluding hydrogens is 1180 g/mol. The molecule has 9 aromatic carbocycles. The van der Waals surface area contributed by atoms with Crippen LogP contribution in [0.2, 0.25) is 19.6 Å². The minimum Gasteiger partial charge on any atom is -0.500 e. The van der Waals surface area contributed by atoms with Gasteiger partial charge in [0.05, 0.1) is 48.0 Å². The molecule has 0 saturated carbocycles. The SMILES string of the molecule is CC(C)(C)c1nc(-c2[c-]cccc2)ncc1[Si](C)(C)C.CC(C)c1cc(-c2ccccc2)cc(C(C)C)c1-n1c(-c2[c-]cc3oc4cc5c(cc4c3c2)oc2c(-c3ccccc3)c(C#N)ccc25)nc2ccc3ccccc3c21.[Ir]. The van der Waals surface area contributed by atoms with Gasteiger partial charge in [-0.25, -0.2) is 0 Å². The summed E-state index contributed by atoms with van der Waals surface area (Å²) in [7, 11) is -1.45. The molecule has 397 valence electrons. The van der Waals surface area contributed by atoms with Gasteiger partial charge in [0.1, 0.15) is 16.7 Å². The van der Waals surface area contributed by atoms with E-state index in [-0.39, 0.29) is 37.4 Å². The number of hydrogen-bond donors (Lipinski definition) is 0. The van der Waals surface area contributed by atoms with Gasteiger partial charge in [-0.15, -0.1) is 59.7 Å². The Bertz CT molecular complexity index is 4490. The monoisotopic (exact) mass is 1240 g/mol. The van der Waals surface area contributed by atoms with E-state index in [0.717, 1.165) is 88.6 Å². The maximum Gasteiger partial charge on any atom is 0.144 e. The molecule has 9 heteroatoms. The molecule has 1 radical (unpaired) electrons. The van der Waals surface area contributed by atoms with Gasteiger partial charge in [0, 0.05) is 70.2 Å². The van der Waals surface area contributed by atoms with E-state index < -0.39 is 8.07 Å². The smallest absolute Gasteiger partial charge is 0.144 e. The average molecular weight is 1240 g/mol. The zero-order valence-electron chi connectivity index (χ0n) is 46.8. The summed E-state index contributed by atoms with van der Waals surface area (Å²) in [6.45, 7) is 22.8. The van der Waals surface area contributed by atoms with Crippen molar-refractivity contribution in [2.24, 2.45) is 0 Å². The standard InChI is InChI=1S/C54H38N3O2.C17H23N2Si.Ir/c1-31(2)41-26-38(33-13-7-5-8-14-33)27-42(32(3)4)51(41)57-52-39-18-12-11-15-34(39)20-23-46(52)56-54(57)36-21-24-47-43(25-36)45-29-49-44(28-48(45)58-47)40-22-19-37(30-55)50(53(40)59-49)35-16-9-6-10-17-35;1-17(2,3)15-14(20(4,5)6)12-18-16(19-15)13-10-8-7-9-11-13;/h5-20,22-29,31-32H,1-4H3;7-10,12H,1-6H3;/q2*-1;. The van der Waals surface area contributed by atoms with Gasteiger partial charge in [-0.1, -0.05) is 164 Å². The topological polar surface area (TPSA) is 93.7 Å². The van der Waals surface area contributed by atoms with Gasteiger partial charge in [0.2, 0.25) is 0 Å². The predicted octanol–water partition coefficient (Wildman–Crippen LogP) is 18.7. The van der Waals surface area contributed by atoms with E-state index in [1.54, 1.807) is 0 Å². The Labute approximate surface area is 482 Å². The largest absolute Gasteiger partial charge is 0.500 e. The van der Waals surface area contributed by atoms with Crippen LogP contribution in [0, 0.1) is 23.5 Å². The Kier molecular flexibility index (Phi) is 14.2. The molecule has 0 atom stereocenters. The van der Waals surface area contributed by atoms with Gasteiger partial charge in [0.15, 0.2) is 0 Å². The molecular formula is C71H61IrN5O2Si-2. The number of aromatic nitrogens is 4. The van der Waals surface area contributed by atoms with Crippen LogP contribution in [0.4, 0.5) is 0 Å². The first kappa shape index (κ1) is 53.7. The minimum absolute atomic E-state index is 0. The number of nitrogens with zero attached hydrogens (tertiary/aromatic N) is 5. The number of rotatable bonds is 8. The molecule has 0 amide bonds. The number of nitriles is 1. The molecule has 13 aromatic rings. The van der Waals surface area contributed by atoms with Crippen LogP contribution in [0.1, 0.15) is 82.7 Å². The zero-order valence-corrected chi connectivity index (χ0v) is 50.2. The summed E-state index contributed by atoms with van der Waals surface area (Å²) in [5.74, 6) is 2.06. The van der Waals surface area contributed by atoms with E-state index in [1.807, 2.05) is 79.0 Å². The zero-order chi connectivity index (χ0) is 54.9. The van der Waals surface area contributed by atoms with Crippen molar-refractivity contribution in [3.8, 4) is 56.8 Å². The van der Waals surface area contributed by atoms with E-state index in [4.69, 9.17) is 18.8 Å². The maximum atomic E-state index is 10.1. The Balaban J connectivity index is 0.000000273. The third-order valence-corrected chi connectivity index (χ3v) is 17.1. The summed E-state index contributed by atoms with van der Waals surface area (Å²) in [4.78, 5) is 14.9. The summed E-state index contributed by atoms with van der Waals surface area (Å²) < 4.78 is 15.6. The maximum absolute atomic E-state index is 10.1. The van der Waals surface area contributed by atoms with E-state index >= 15 is 0 Å². The fraction of sp³-hybridized carbons (Fsp3) is 0.183. The van der Waals surface area contributed by atoms with Gasteiger partial charge >= 0.3 is 0 Å². The van der Waals surface area contributed by atoms with Crippen LogP contribution in [-0.2, 0) is 25.5 Å². The Morgan fingerprint density at radius 2 is 1.24 bits per heavy atom. The summed E-state index contributed by atoms with van der Waals surface area (Å²) in [6.07, 6.45) is 2.04. The van der Waals surface area contributed by atoms with E-state index in [1.165, 1.54) is 44.2 Å². The van der Waals surface area contributed by atoms with Gasteiger partial charge in [-0.2, -0.15) is 5.26 Å². The van der Waals surface area contributed by atoms with Crippen LogP contribution in [0.5, 0.6) is 0 Å². The molecule has 0 bridgehead atoms. The first-order chi connectivity index (χ1) is 38.0. The van der Waals surface area contributed by atoms with Crippen molar-refractivity contribution < 1.29 is 28.9 Å². The number of hydrogen-bond acceptors (Lipinski definition) is 6. The van der Waals surface area contributed by atoms with Gasteiger partial charge in [-0.3, -0.25) is 15.0 Å². The van der Waals surface area contributed by atoms with E-state index in [2.05, 4.69) is 193 Å². The fourth-order valence-corrected chi connectivity index (χ4v) is 12.8. The van der Waals surface area contributed by atoms with Crippen LogP contribution >= 0.6 is 0 Å². The second kappa shape index (κ2) is 21.1. The summed E-state index contributed by atoms with van der Waals surface area (Å²) >= 11 is 0. The second-order valence-electron chi connectivity index (χ2n) is 23.4. The number of fused-ring (bicyclic) bond motifs is 9. The van der Waals surface area contributed by atoms with Crippen molar-refractivity contribution >= 4 is 78.9 Å². The molecule has 13 rings (SSSR count). The Morgan fingerprint density at radius 1 is 0.600 bits per heavy atom.